The van der Waals surface area contributed by atoms with E-state index in [1.54, 1.807) is 0 Å². The molecule has 0 aromatic carbocycles. The van der Waals surface area contributed by atoms with E-state index < -0.39 is 13.9 Å². The van der Waals surface area contributed by atoms with Gasteiger partial charge in [-0.15, -0.1) is 0 Å². The van der Waals surface area contributed by atoms with Crippen LogP contribution in [0.15, 0.2) is 0 Å². The first kappa shape index (κ1) is 8.22. The molecule has 0 N–H and O–H groups in total. The third-order valence-electron chi connectivity index (χ3n) is 0. The predicted octanol–water partition coefficient (Wildman–Crippen LogP) is -0.413. The second-order valence-electron chi connectivity index (χ2n) is 6.12. The fourth-order valence-corrected chi connectivity index (χ4v) is 0. The van der Waals surface area contributed by atoms with E-state index in [0.29, 0.717) is 0 Å². The fraction of sp³-hybridized carbons (Fsp3) is 1.00. The van der Waals surface area contributed by atoms with Crippen molar-refractivity contribution in [2.45, 2.75) is 19.9 Å². The first-order valence-electron chi connectivity index (χ1n) is 2.45. The summed E-state index contributed by atoms with van der Waals surface area (Å²) in [7, 11) is 2.95. The number of hydrogen-bond acceptors (Lipinski definition) is 0. The Hall–Kier alpha value is 1.22. The zero-order valence-corrected chi connectivity index (χ0v) is 12.7. The van der Waals surface area contributed by atoms with Gasteiger partial charge >= 0.3 is 49.3 Å². The molecule has 3 heteroatoms. The Morgan fingerprint density at radius 3 is 0.857 bits per heavy atom. The quantitative estimate of drug-likeness (QED) is 0.512. The minimum atomic E-state index is -1.91. The van der Waals surface area contributed by atoms with E-state index in [9.17, 15) is 0 Å². The minimum absolute atomic E-state index is 1.48. The Balaban J connectivity index is 4.43. The molecule has 0 aromatic rings. The van der Waals surface area contributed by atoms with Gasteiger partial charge in [-0.2, -0.15) is 0 Å². The van der Waals surface area contributed by atoms with Crippen LogP contribution in [0.1, 0.15) is 0 Å². The van der Waals surface area contributed by atoms with Gasteiger partial charge in [-0.1, -0.05) is 0 Å². The third kappa shape index (κ3) is 132. The van der Waals surface area contributed by atoms with E-state index in [1.165, 1.54) is 15.6 Å². The van der Waals surface area contributed by atoms with E-state index in [2.05, 4.69) is 19.9 Å². The summed E-state index contributed by atoms with van der Waals surface area (Å²) in [6.45, 7) is 0. The van der Waals surface area contributed by atoms with Gasteiger partial charge in [0.1, 0.15) is 0 Å². The monoisotopic (exact) mass is 252 g/mol. The Bertz CT molecular complexity index is 68.3. The molecule has 0 spiro atoms. The van der Waals surface area contributed by atoms with Crippen LogP contribution in [-0.4, -0.2) is 29.4 Å². The molecule has 0 aliphatic carbocycles. The van der Waals surface area contributed by atoms with E-state index in [4.69, 9.17) is 0 Å². The van der Waals surface area contributed by atoms with Gasteiger partial charge in [0.05, 0.1) is 0 Å². The maximum atomic E-state index is 2.54. The molecule has 0 aliphatic heterocycles. The average Bonchev–Trinajstić information content (AvgIpc) is 0.592. The molecule has 0 atom stereocenters. The molecular formula is C4H18Si2Te. The van der Waals surface area contributed by atoms with Gasteiger partial charge in [0.2, 0.25) is 0 Å². The van der Waals surface area contributed by atoms with Crippen LogP contribution in [0.4, 0.5) is 0 Å². The van der Waals surface area contributed by atoms with Gasteiger partial charge in [-0.05, 0) is 0 Å². The van der Waals surface area contributed by atoms with Crippen molar-refractivity contribution in [1.82, 2.24) is 0 Å². The fourth-order valence-electron chi connectivity index (χ4n) is 0. The summed E-state index contributed by atoms with van der Waals surface area (Å²) < 4.78 is 0. The van der Waals surface area contributed by atoms with Crippen LogP contribution in [0.3, 0.4) is 0 Å². The Kier molecular flexibility index (Phi) is 1.25. The number of rotatable bonds is 0. The van der Waals surface area contributed by atoms with Crippen LogP contribution in [0.25, 0.3) is 0 Å². The van der Waals surface area contributed by atoms with Crippen LogP contribution in [-0.2, 0) is 0 Å². The SMILES string of the molecule is C[Te](C)(C)(C)([SiH3])[SiH3]. The van der Waals surface area contributed by atoms with E-state index >= 15 is 0 Å². The van der Waals surface area contributed by atoms with Crippen LogP contribution >= 0.6 is 0 Å². The first-order valence-corrected chi connectivity index (χ1v) is 27.4. The summed E-state index contributed by atoms with van der Waals surface area (Å²) in [5.41, 5.74) is 0. The summed E-state index contributed by atoms with van der Waals surface area (Å²) in [4.78, 5) is 10.2. The molecular weight excluding hydrogens is 232 g/mol. The van der Waals surface area contributed by atoms with E-state index in [0.717, 1.165) is 0 Å². The molecule has 0 amide bonds. The van der Waals surface area contributed by atoms with Gasteiger partial charge in [-0.25, -0.2) is 0 Å². The van der Waals surface area contributed by atoms with Crippen molar-refractivity contribution in [2.75, 3.05) is 0 Å². The Morgan fingerprint density at radius 2 is 0.857 bits per heavy atom. The molecule has 0 aliphatic rings. The van der Waals surface area contributed by atoms with Crippen LogP contribution < -0.4 is 0 Å². The molecule has 0 saturated carbocycles. The summed E-state index contributed by atoms with van der Waals surface area (Å²) in [6, 6.07) is 0. The topological polar surface area (TPSA) is 0 Å². The third-order valence-corrected chi connectivity index (χ3v) is 0. The Morgan fingerprint density at radius 1 is 0.857 bits per heavy atom. The summed E-state index contributed by atoms with van der Waals surface area (Å²) in [6.07, 6.45) is 0. The molecule has 0 radical (unpaired) electrons. The van der Waals surface area contributed by atoms with Crippen molar-refractivity contribution < 1.29 is 0 Å². The Labute approximate surface area is 49.3 Å². The standard InChI is InChI=1S/C4H18Si2Te/c1-7(2,3,4,5)6/h1-6H3. The van der Waals surface area contributed by atoms with E-state index in [1.807, 2.05) is 0 Å². The molecule has 0 saturated heterocycles. The summed E-state index contributed by atoms with van der Waals surface area (Å²) >= 11 is -1.91. The van der Waals surface area contributed by atoms with Gasteiger partial charge < -0.3 is 0 Å². The van der Waals surface area contributed by atoms with Gasteiger partial charge in [0.25, 0.3) is 0 Å². The molecule has 0 rings (SSSR count). The second-order valence-corrected chi connectivity index (χ2v) is 107. The zero-order chi connectivity index (χ0) is 6.41. The number of hydrogen-bond donors (Lipinski definition) is 0. The van der Waals surface area contributed by atoms with Gasteiger partial charge in [0.15, 0.2) is 0 Å². The molecule has 48 valence electrons. The summed E-state index contributed by atoms with van der Waals surface area (Å²) in [5, 5.41) is 0. The molecule has 0 nitrogen and oxygen atoms in total. The average molecular weight is 250 g/mol. The molecule has 0 heterocycles. The molecule has 0 unspecified atom stereocenters. The van der Waals surface area contributed by atoms with Crippen molar-refractivity contribution in [2.24, 2.45) is 0 Å². The van der Waals surface area contributed by atoms with Crippen LogP contribution in [0.5, 0.6) is 0 Å². The normalized spacial score (nSPS) is 24.0. The van der Waals surface area contributed by atoms with Crippen LogP contribution in [0.2, 0.25) is 19.9 Å². The van der Waals surface area contributed by atoms with Crippen molar-refractivity contribution in [3.8, 4) is 0 Å². The summed E-state index contributed by atoms with van der Waals surface area (Å²) in [5.74, 6) is 0. The predicted molar refractivity (Wildman–Crippen MR) is 49.1 cm³/mol. The molecule has 0 fully saturated rings. The second kappa shape index (κ2) is 1.06. The molecule has 0 aromatic heterocycles. The molecule has 0 bridgehead atoms. The van der Waals surface area contributed by atoms with Gasteiger partial charge in [-0.3, -0.25) is 0 Å². The van der Waals surface area contributed by atoms with Crippen LogP contribution in [0, 0.1) is 0 Å². The van der Waals surface area contributed by atoms with Crippen molar-refractivity contribution in [3.63, 3.8) is 0 Å². The van der Waals surface area contributed by atoms with E-state index in [-0.39, 0.29) is 0 Å². The molecule has 7 heavy (non-hydrogen) atoms. The first-order chi connectivity index (χ1) is 2.45. The van der Waals surface area contributed by atoms with Crippen molar-refractivity contribution >= 4 is 29.4 Å². The van der Waals surface area contributed by atoms with Crippen molar-refractivity contribution in [1.29, 1.82) is 0 Å². The van der Waals surface area contributed by atoms with Crippen molar-refractivity contribution in [3.05, 3.63) is 0 Å². The zero-order valence-electron chi connectivity index (χ0n) is 6.41. The van der Waals surface area contributed by atoms with Gasteiger partial charge in [0, 0.05) is 0 Å². The maximum absolute atomic E-state index is 2.54.